The molecule has 3 saturated carbocycles. The van der Waals surface area contributed by atoms with Gasteiger partial charge >= 0.3 is 5.97 Å². The molecule has 154 valence electrons. The Labute approximate surface area is 168 Å². The lowest BCUT2D eigenvalue weighted by Gasteiger charge is -2.62. The summed E-state index contributed by atoms with van der Waals surface area (Å²) in [5, 5.41) is 31.9. The number of hydrogen-bond acceptors (Lipinski definition) is 4. The maximum Gasteiger partial charge on any atom is 0.336 e. The number of halogens is 2. The summed E-state index contributed by atoms with van der Waals surface area (Å²) < 4.78 is 16.9. The molecule has 0 saturated heterocycles. The van der Waals surface area contributed by atoms with Crippen LogP contribution in [-0.4, -0.2) is 44.4 Å². The molecular formula is C21H26ClFO5. The number of aliphatic carboxylic acids is 1. The highest BCUT2D eigenvalue weighted by molar-refractivity contribution is 6.44. The minimum absolute atomic E-state index is 0.0636. The fourth-order valence-corrected chi connectivity index (χ4v) is 7.33. The molecule has 4 rings (SSSR count). The van der Waals surface area contributed by atoms with Crippen LogP contribution >= 0.6 is 11.6 Å². The molecule has 8 atom stereocenters. The fourth-order valence-electron chi connectivity index (χ4n) is 7.05. The highest BCUT2D eigenvalue weighted by Gasteiger charge is 2.76. The lowest BCUT2D eigenvalue weighted by Crippen LogP contribution is -2.69. The molecule has 0 spiro atoms. The van der Waals surface area contributed by atoms with Crippen molar-refractivity contribution in [1.82, 2.24) is 0 Å². The van der Waals surface area contributed by atoms with Crippen LogP contribution < -0.4 is 0 Å². The molecule has 0 heterocycles. The first-order chi connectivity index (χ1) is 12.8. The molecule has 0 unspecified atom stereocenters. The third-order valence-electron chi connectivity index (χ3n) is 8.61. The Hall–Kier alpha value is -1.24. The average molecular weight is 413 g/mol. The predicted molar refractivity (Wildman–Crippen MR) is 100 cm³/mol. The molecule has 0 aliphatic heterocycles. The molecular weight excluding hydrogens is 387 g/mol. The van der Waals surface area contributed by atoms with E-state index >= 15 is 4.39 Å². The van der Waals surface area contributed by atoms with Gasteiger partial charge in [0, 0.05) is 16.7 Å². The maximum atomic E-state index is 16.9. The van der Waals surface area contributed by atoms with Crippen LogP contribution in [0.25, 0.3) is 0 Å². The SMILES string of the molecule is C[C@H]1C[C@H]2[C@@H]3CCC4=CC(=O)C(Cl)=C[C@]4(C)[C@@]3(F)[C@@H](O)C[C@]2(C)[C@@]1(O)C(=O)O. The molecule has 4 aliphatic rings. The summed E-state index contributed by atoms with van der Waals surface area (Å²) in [6, 6.07) is 0. The summed E-state index contributed by atoms with van der Waals surface area (Å²) >= 11 is 6.07. The molecule has 0 aromatic heterocycles. The standard InChI is InChI=1S/C21H26ClFO5/c1-10-6-13-12-5-4-11-7-15(24)14(22)8-18(11,2)20(12,23)16(25)9-19(13,3)21(10,28)17(26)27/h7-8,10,12-13,16,25,28H,4-6,9H2,1-3H3,(H,26,27)/t10-,12-,13-,16-,18-,19-,20-,21-/m0/s1. The van der Waals surface area contributed by atoms with Crippen LogP contribution in [0.2, 0.25) is 0 Å². The van der Waals surface area contributed by atoms with Crippen LogP contribution in [0.15, 0.2) is 22.8 Å². The summed E-state index contributed by atoms with van der Waals surface area (Å²) in [6.45, 7) is 5.00. The van der Waals surface area contributed by atoms with Crippen LogP contribution in [0, 0.1) is 28.6 Å². The second kappa shape index (κ2) is 5.67. The van der Waals surface area contributed by atoms with E-state index in [9.17, 15) is 24.9 Å². The lowest BCUT2D eigenvalue weighted by molar-refractivity contribution is -0.225. The van der Waals surface area contributed by atoms with Crippen LogP contribution in [0.1, 0.15) is 46.5 Å². The number of carboxylic acid groups (broad SMARTS) is 1. The Morgan fingerprint density at radius 2 is 1.96 bits per heavy atom. The topological polar surface area (TPSA) is 94.8 Å². The highest BCUT2D eigenvalue weighted by atomic mass is 35.5. The van der Waals surface area contributed by atoms with Gasteiger partial charge in [0.25, 0.3) is 0 Å². The van der Waals surface area contributed by atoms with Crippen molar-refractivity contribution in [1.29, 1.82) is 0 Å². The molecule has 28 heavy (non-hydrogen) atoms. The number of aliphatic hydroxyl groups excluding tert-OH is 1. The summed E-state index contributed by atoms with van der Waals surface area (Å²) in [6.07, 6.45) is 2.37. The lowest BCUT2D eigenvalue weighted by atomic mass is 9.45. The van der Waals surface area contributed by atoms with E-state index in [1.54, 1.807) is 20.8 Å². The van der Waals surface area contributed by atoms with Crippen molar-refractivity contribution < 1.29 is 29.3 Å². The van der Waals surface area contributed by atoms with E-state index in [0.29, 0.717) is 24.8 Å². The van der Waals surface area contributed by atoms with E-state index in [0.717, 1.165) is 0 Å². The zero-order chi connectivity index (χ0) is 20.9. The molecule has 0 aromatic carbocycles. The number of carboxylic acids is 1. The molecule has 7 heteroatoms. The summed E-state index contributed by atoms with van der Waals surface area (Å²) in [7, 11) is 0. The van der Waals surface area contributed by atoms with Crippen molar-refractivity contribution >= 4 is 23.4 Å². The second-order valence-electron chi connectivity index (χ2n) is 9.59. The van der Waals surface area contributed by atoms with E-state index in [-0.39, 0.29) is 17.2 Å². The third-order valence-corrected chi connectivity index (χ3v) is 8.90. The van der Waals surface area contributed by atoms with Crippen molar-refractivity contribution in [2.24, 2.45) is 28.6 Å². The van der Waals surface area contributed by atoms with Gasteiger partial charge in [0.05, 0.1) is 11.1 Å². The molecule has 4 aliphatic carbocycles. The minimum Gasteiger partial charge on any atom is -0.479 e. The molecule has 5 nitrogen and oxygen atoms in total. The third kappa shape index (κ3) is 1.99. The van der Waals surface area contributed by atoms with Gasteiger partial charge in [-0.05, 0) is 56.6 Å². The largest absolute Gasteiger partial charge is 0.479 e. The second-order valence-corrected chi connectivity index (χ2v) is 10.0. The first kappa shape index (κ1) is 20.0. The van der Waals surface area contributed by atoms with Crippen molar-refractivity contribution in [3.63, 3.8) is 0 Å². The summed E-state index contributed by atoms with van der Waals surface area (Å²) in [5.74, 6) is -3.29. The van der Waals surface area contributed by atoms with Gasteiger partial charge in [-0.3, -0.25) is 4.79 Å². The Morgan fingerprint density at radius 3 is 2.57 bits per heavy atom. The van der Waals surface area contributed by atoms with Gasteiger partial charge in [-0.25, -0.2) is 9.18 Å². The Bertz CT molecular complexity index is 839. The Balaban J connectivity index is 1.87. The number of hydrogen-bond donors (Lipinski definition) is 3. The number of allylic oxidation sites excluding steroid dienone is 4. The first-order valence-electron chi connectivity index (χ1n) is 9.80. The average Bonchev–Trinajstić information content (AvgIpc) is 2.80. The zero-order valence-electron chi connectivity index (χ0n) is 16.2. The fraction of sp³-hybridized carbons (Fsp3) is 0.714. The summed E-state index contributed by atoms with van der Waals surface area (Å²) in [4.78, 5) is 24.0. The monoisotopic (exact) mass is 412 g/mol. The van der Waals surface area contributed by atoms with E-state index in [4.69, 9.17) is 11.6 Å². The predicted octanol–water partition coefficient (Wildman–Crippen LogP) is 2.99. The Morgan fingerprint density at radius 1 is 1.32 bits per heavy atom. The molecule has 3 N–H and O–H groups in total. The van der Waals surface area contributed by atoms with Crippen LogP contribution in [0.3, 0.4) is 0 Å². The van der Waals surface area contributed by atoms with E-state index in [1.807, 2.05) is 0 Å². The molecule has 0 aromatic rings. The quantitative estimate of drug-likeness (QED) is 0.615. The first-order valence-corrected chi connectivity index (χ1v) is 10.2. The van der Waals surface area contributed by atoms with Crippen LogP contribution in [-0.2, 0) is 9.59 Å². The summed E-state index contributed by atoms with van der Waals surface area (Å²) in [5.41, 5.74) is -5.89. The van der Waals surface area contributed by atoms with Gasteiger partial charge in [-0.15, -0.1) is 0 Å². The van der Waals surface area contributed by atoms with Gasteiger partial charge in [0.2, 0.25) is 0 Å². The number of rotatable bonds is 1. The minimum atomic E-state index is -2.09. The highest BCUT2D eigenvalue weighted by Crippen LogP contribution is 2.70. The Kier molecular flexibility index (Phi) is 4.06. The normalized spacial score (nSPS) is 52.9. The smallest absolute Gasteiger partial charge is 0.336 e. The van der Waals surface area contributed by atoms with Gasteiger partial charge in [0.15, 0.2) is 17.1 Å². The van der Waals surface area contributed by atoms with Crippen LogP contribution in [0.4, 0.5) is 4.39 Å². The molecule has 0 bridgehead atoms. The van der Waals surface area contributed by atoms with E-state index in [1.165, 1.54) is 12.2 Å². The molecule has 3 fully saturated rings. The number of fused-ring (bicyclic) bond motifs is 5. The van der Waals surface area contributed by atoms with Crippen molar-refractivity contribution in [2.45, 2.75) is 63.8 Å². The van der Waals surface area contributed by atoms with Crippen molar-refractivity contribution in [3.8, 4) is 0 Å². The van der Waals surface area contributed by atoms with Gasteiger partial charge < -0.3 is 15.3 Å². The number of carbonyl (C=O) groups excluding carboxylic acids is 1. The number of alkyl halides is 1. The maximum absolute atomic E-state index is 16.9. The molecule has 0 amide bonds. The van der Waals surface area contributed by atoms with Gasteiger partial charge in [-0.1, -0.05) is 31.0 Å². The van der Waals surface area contributed by atoms with Crippen molar-refractivity contribution in [2.75, 3.05) is 0 Å². The van der Waals surface area contributed by atoms with Crippen LogP contribution in [0.5, 0.6) is 0 Å². The number of carbonyl (C=O) groups is 2. The van der Waals surface area contributed by atoms with E-state index < -0.39 is 51.9 Å². The number of aliphatic hydroxyl groups is 2. The van der Waals surface area contributed by atoms with Gasteiger partial charge in [-0.2, -0.15) is 0 Å². The van der Waals surface area contributed by atoms with Gasteiger partial charge in [0.1, 0.15) is 0 Å². The zero-order valence-corrected chi connectivity index (χ0v) is 17.0. The number of ketones is 1. The van der Waals surface area contributed by atoms with E-state index in [2.05, 4.69) is 0 Å². The van der Waals surface area contributed by atoms with Crippen molar-refractivity contribution in [3.05, 3.63) is 22.8 Å². The molecule has 0 radical (unpaired) electrons.